The topological polar surface area (TPSA) is 69.6 Å². The first-order chi connectivity index (χ1) is 6.45. The molecular weight excluding hydrogens is 184 g/mol. The maximum absolute atomic E-state index is 11.4. The molecule has 2 N–H and O–H groups in total. The molecule has 0 aliphatic heterocycles. The lowest BCUT2D eigenvalue weighted by atomic mass is 9.74. The molecule has 0 radical (unpaired) electrons. The van der Waals surface area contributed by atoms with E-state index in [9.17, 15) is 9.59 Å². The summed E-state index contributed by atoms with van der Waals surface area (Å²) >= 11 is 0. The number of carboxylic acid groups (broad SMARTS) is 1. The molecule has 1 fully saturated rings. The van der Waals surface area contributed by atoms with Gasteiger partial charge in [0.15, 0.2) is 0 Å². The Labute approximate surface area is 83.1 Å². The zero-order valence-electron chi connectivity index (χ0n) is 8.54. The van der Waals surface area contributed by atoms with Gasteiger partial charge in [0.05, 0.1) is 12.0 Å². The zero-order valence-corrected chi connectivity index (χ0v) is 8.54. The van der Waals surface area contributed by atoms with E-state index in [2.05, 4.69) is 5.32 Å². The molecule has 0 unspecified atom stereocenters. The van der Waals surface area contributed by atoms with Crippen molar-refractivity contribution in [3.8, 4) is 0 Å². The summed E-state index contributed by atoms with van der Waals surface area (Å²) in [6.07, 6.45) is 2.53. The second-order valence-electron chi connectivity index (χ2n) is 4.03. The summed E-state index contributed by atoms with van der Waals surface area (Å²) < 4.78 is 0. The summed E-state index contributed by atoms with van der Waals surface area (Å²) in [5, 5.41) is 11.5. The Hall–Kier alpha value is -1.26. The van der Waals surface area contributed by atoms with Gasteiger partial charge in [-0.05, 0) is 19.3 Å². The lowest BCUT2D eigenvalue weighted by Gasteiger charge is -2.41. The summed E-state index contributed by atoms with van der Waals surface area (Å²) in [4.78, 5) is 23.4. The molecule has 5 heteroatoms. The molecule has 0 aromatic carbocycles. The first-order valence-electron chi connectivity index (χ1n) is 4.66. The molecule has 0 bridgehead atoms. The van der Waals surface area contributed by atoms with E-state index >= 15 is 0 Å². The molecule has 2 amide bonds. The largest absolute Gasteiger partial charge is 0.481 e. The van der Waals surface area contributed by atoms with Gasteiger partial charge in [-0.1, -0.05) is 0 Å². The molecule has 0 spiro atoms. The minimum absolute atomic E-state index is 0.0204. The summed E-state index contributed by atoms with van der Waals surface area (Å²) in [5.74, 6) is -0.858. The van der Waals surface area contributed by atoms with Crippen LogP contribution in [0.4, 0.5) is 4.79 Å². The van der Waals surface area contributed by atoms with Gasteiger partial charge in [0.2, 0.25) is 0 Å². The minimum Gasteiger partial charge on any atom is -0.481 e. The molecule has 14 heavy (non-hydrogen) atoms. The third-order valence-electron chi connectivity index (χ3n) is 2.58. The second kappa shape index (κ2) is 3.86. The van der Waals surface area contributed by atoms with Crippen LogP contribution >= 0.6 is 0 Å². The Kier molecular flexibility index (Phi) is 2.98. The fourth-order valence-electron chi connectivity index (χ4n) is 1.58. The highest BCUT2D eigenvalue weighted by atomic mass is 16.4. The lowest BCUT2D eigenvalue weighted by molar-refractivity contribution is -0.139. The van der Waals surface area contributed by atoms with Gasteiger partial charge in [-0.15, -0.1) is 0 Å². The van der Waals surface area contributed by atoms with Crippen LogP contribution in [0.2, 0.25) is 0 Å². The predicted octanol–water partition coefficient (Wildman–Crippen LogP) is 0.655. The number of rotatable bonds is 3. The summed E-state index contributed by atoms with van der Waals surface area (Å²) in [5.41, 5.74) is -0.493. The number of hydrogen-bond donors (Lipinski definition) is 2. The molecule has 1 aliphatic carbocycles. The van der Waals surface area contributed by atoms with Crippen LogP contribution < -0.4 is 5.32 Å². The summed E-state index contributed by atoms with van der Waals surface area (Å²) in [6, 6.07) is -0.217. The number of carbonyl (C=O) groups is 2. The van der Waals surface area contributed by atoms with Crippen molar-refractivity contribution in [1.82, 2.24) is 10.2 Å². The van der Waals surface area contributed by atoms with E-state index in [-0.39, 0.29) is 12.5 Å². The molecular formula is C9H16N2O3. The van der Waals surface area contributed by atoms with Crippen molar-refractivity contribution in [3.05, 3.63) is 0 Å². The first kappa shape index (κ1) is 10.8. The third kappa shape index (κ3) is 2.37. The van der Waals surface area contributed by atoms with Crippen LogP contribution in [0.15, 0.2) is 0 Å². The maximum Gasteiger partial charge on any atom is 0.317 e. The van der Waals surface area contributed by atoms with Crippen molar-refractivity contribution in [2.24, 2.45) is 0 Å². The summed E-state index contributed by atoms with van der Waals surface area (Å²) in [6.45, 7) is 0. The number of nitrogens with one attached hydrogen (secondary N) is 1. The van der Waals surface area contributed by atoms with Crippen LogP contribution in [-0.2, 0) is 4.79 Å². The van der Waals surface area contributed by atoms with E-state index in [4.69, 9.17) is 5.11 Å². The monoisotopic (exact) mass is 200 g/mol. The highest BCUT2D eigenvalue weighted by Gasteiger charge is 2.40. The van der Waals surface area contributed by atoms with Crippen molar-refractivity contribution >= 4 is 12.0 Å². The molecule has 0 aromatic rings. The third-order valence-corrected chi connectivity index (χ3v) is 2.58. The Morgan fingerprint density at radius 3 is 2.29 bits per heavy atom. The number of hydrogen-bond acceptors (Lipinski definition) is 2. The highest BCUT2D eigenvalue weighted by Crippen LogP contribution is 2.34. The Balaban J connectivity index is 2.53. The van der Waals surface area contributed by atoms with Crippen LogP contribution in [0.25, 0.3) is 0 Å². The van der Waals surface area contributed by atoms with Gasteiger partial charge in [0.25, 0.3) is 0 Å². The Morgan fingerprint density at radius 2 is 2.00 bits per heavy atom. The fourth-order valence-corrected chi connectivity index (χ4v) is 1.58. The van der Waals surface area contributed by atoms with Gasteiger partial charge in [0, 0.05) is 14.1 Å². The molecule has 1 aliphatic rings. The van der Waals surface area contributed by atoms with Crippen LogP contribution in [0.3, 0.4) is 0 Å². The van der Waals surface area contributed by atoms with Crippen molar-refractivity contribution in [2.45, 2.75) is 31.2 Å². The normalized spacial score (nSPS) is 18.1. The van der Waals surface area contributed by atoms with Gasteiger partial charge in [0.1, 0.15) is 0 Å². The lowest BCUT2D eigenvalue weighted by Crippen LogP contribution is -2.56. The molecule has 0 aromatic heterocycles. The van der Waals surface area contributed by atoms with Gasteiger partial charge >= 0.3 is 12.0 Å². The van der Waals surface area contributed by atoms with Crippen LogP contribution in [0, 0.1) is 0 Å². The van der Waals surface area contributed by atoms with E-state index in [1.807, 2.05) is 0 Å². The van der Waals surface area contributed by atoms with Gasteiger partial charge < -0.3 is 15.3 Å². The number of amides is 2. The zero-order chi connectivity index (χ0) is 10.8. The SMILES string of the molecule is CN(C)C(=O)NC1(CC(=O)O)CCC1. The number of carbonyl (C=O) groups excluding carboxylic acids is 1. The molecule has 5 nitrogen and oxygen atoms in total. The minimum atomic E-state index is -0.858. The van der Waals surface area contributed by atoms with E-state index < -0.39 is 11.5 Å². The Bertz CT molecular complexity index is 246. The molecule has 1 saturated carbocycles. The number of aliphatic carboxylic acids is 1. The van der Waals surface area contributed by atoms with E-state index in [0.29, 0.717) is 0 Å². The number of carboxylic acids is 1. The molecule has 0 heterocycles. The Morgan fingerprint density at radius 1 is 1.43 bits per heavy atom. The van der Waals surface area contributed by atoms with Crippen molar-refractivity contribution in [2.75, 3.05) is 14.1 Å². The van der Waals surface area contributed by atoms with E-state index in [1.54, 1.807) is 14.1 Å². The number of nitrogens with zero attached hydrogens (tertiary/aromatic N) is 1. The predicted molar refractivity (Wildman–Crippen MR) is 51.1 cm³/mol. The standard InChI is InChI=1S/C9H16N2O3/c1-11(2)8(14)10-9(4-3-5-9)6-7(12)13/h3-6H2,1-2H3,(H,10,14)(H,12,13). The maximum atomic E-state index is 11.4. The van der Waals surface area contributed by atoms with Gasteiger partial charge in [-0.25, -0.2) is 4.79 Å². The van der Waals surface area contributed by atoms with Crippen molar-refractivity contribution < 1.29 is 14.7 Å². The van der Waals surface area contributed by atoms with Crippen molar-refractivity contribution in [3.63, 3.8) is 0 Å². The van der Waals surface area contributed by atoms with Crippen LogP contribution in [-0.4, -0.2) is 41.6 Å². The average molecular weight is 200 g/mol. The van der Waals surface area contributed by atoms with Crippen molar-refractivity contribution in [1.29, 1.82) is 0 Å². The molecule has 0 saturated heterocycles. The van der Waals surface area contributed by atoms with Gasteiger partial charge in [-0.3, -0.25) is 4.79 Å². The highest BCUT2D eigenvalue weighted by molar-refractivity contribution is 5.76. The van der Waals surface area contributed by atoms with Crippen LogP contribution in [0.1, 0.15) is 25.7 Å². The van der Waals surface area contributed by atoms with Crippen LogP contribution in [0.5, 0.6) is 0 Å². The molecule has 0 atom stereocenters. The summed E-state index contributed by atoms with van der Waals surface area (Å²) in [7, 11) is 3.28. The fraction of sp³-hybridized carbons (Fsp3) is 0.778. The van der Waals surface area contributed by atoms with E-state index in [1.165, 1.54) is 4.90 Å². The van der Waals surface area contributed by atoms with Gasteiger partial charge in [-0.2, -0.15) is 0 Å². The quantitative estimate of drug-likeness (QED) is 0.703. The first-order valence-corrected chi connectivity index (χ1v) is 4.66. The molecule has 1 rings (SSSR count). The number of urea groups is 1. The average Bonchev–Trinajstić information content (AvgIpc) is 1.99. The smallest absolute Gasteiger partial charge is 0.317 e. The molecule has 80 valence electrons. The second-order valence-corrected chi connectivity index (χ2v) is 4.03. The van der Waals surface area contributed by atoms with E-state index in [0.717, 1.165) is 19.3 Å².